The van der Waals surface area contributed by atoms with Gasteiger partial charge in [-0.3, -0.25) is 4.99 Å². The fourth-order valence-electron chi connectivity index (χ4n) is 1.74. The Morgan fingerprint density at radius 2 is 1.89 bits per heavy atom. The lowest BCUT2D eigenvalue weighted by molar-refractivity contribution is 0.299. The Kier molecular flexibility index (Phi) is 9.74. The summed E-state index contributed by atoms with van der Waals surface area (Å²) in [5.74, 6) is 0.801. The van der Waals surface area contributed by atoms with E-state index >= 15 is 0 Å². The van der Waals surface area contributed by atoms with Crippen LogP contribution in [0.5, 0.6) is 0 Å². The van der Waals surface area contributed by atoms with Gasteiger partial charge in [-0.1, -0.05) is 40.0 Å². The van der Waals surface area contributed by atoms with Crippen molar-refractivity contribution >= 4 is 5.96 Å². The first kappa shape index (κ1) is 17.2. The molecule has 0 heterocycles. The molecule has 4 heteroatoms. The molecule has 0 saturated carbocycles. The van der Waals surface area contributed by atoms with E-state index in [2.05, 4.69) is 36.4 Å². The van der Waals surface area contributed by atoms with Crippen molar-refractivity contribution in [1.29, 1.82) is 0 Å². The molecule has 0 unspecified atom stereocenters. The van der Waals surface area contributed by atoms with E-state index in [0.29, 0.717) is 6.54 Å². The van der Waals surface area contributed by atoms with Crippen LogP contribution in [0.25, 0.3) is 0 Å². The minimum absolute atomic E-state index is 0.129. The zero-order valence-corrected chi connectivity index (χ0v) is 12.6. The zero-order chi connectivity index (χ0) is 13.9. The molecule has 0 aliphatic carbocycles. The van der Waals surface area contributed by atoms with Gasteiger partial charge in [0.15, 0.2) is 5.96 Å². The molecule has 0 aromatic carbocycles. The SMILES string of the molecule is CCCCCC(C)(C)CN=C(NCC)NCCO. The highest BCUT2D eigenvalue weighted by Gasteiger charge is 2.16. The number of aliphatic hydroxyl groups is 1. The van der Waals surface area contributed by atoms with E-state index in [-0.39, 0.29) is 12.0 Å². The number of nitrogens with one attached hydrogen (secondary N) is 2. The number of guanidine groups is 1. The van der Waals surface area contributed by atoms with Gasteiger partial charge in [-0.15, -0.1) is 0 Å². The summed E-state index contributed by atoms with van der Waals surface area (Å²) < 4.78 is 0. The van der Waals surface area contributed by atoms with Crippen LogP contribution in [0.1, 0.15) is 53.4 Å². The average Bonchev–Trinajstić information content (AvgIpc) is 2.33. The van der Waals surface area contributed by atoms with Gasteiger partial charge >= 0.3 is 0 Å². The maximum atomic E-state index is 8.81. The van der Waals surface area contributed by atoms with Crippen LogP contribution in [0, 0.1) is 5.41 Å². The highest BCUT2D eigenvalue weighted by molar-refractivity contribution is 5.79. The quantitative estimate of drug-likeness (QED) is 0.337. The topological polar surface area (TPSA) is 56.7 Å². The van der Waals surface area contributed by atoms with E-state index in [1.165, 1.54) is 25.7 Å². The third kappa shape index (κ3) is 9.28. The van der Waals surface area contributed by atoms with E-state index in [1.807, 2.05) is 6.92 Å². The first-order valence-corrected chi connectivity index (χ1v) is 7.18. The van der Waals surface area contributed by atoms with E-state index in [0.717, 1.165) is 19.0 Å². The van der Waals surface area contributed by atoms with Crippen molar-refractivity contribution in [2.45, 2.75) is 53.4 Å². The fourth-order valence-corrected chi connectivity index (χ4v) is 1.74. The number of aliphatic imine (C=N–C) groups is 1. The molecule has 0 saturated heterocycles. The van der Waals surface area contributed by atoms with Crippen LogP contribution in [0.15, 0.2) is 4.99 Å². The van der Waals surface area contributed by atoms with Gasteiger partial charge in [-0.25, -0.2) is 0 Å². The van der Waals surface area contributed by atoms with Gasteiger partial charge in [0.1, 0.15) is 0 Å². The second-order valence-electron chi connectivity index (χ2n) is 5.47. The molecule has 0 aliphatic heterocycles. The monoisotopic (exact) mass is 257 g/mol. The summed E-state index contributed by atoms with van der Waals surface area (Å²) in [5, 5.41) is 15.1. The Labute approximate surface area is 112 Å². The van der Waals surface area contributed by atoms with Gasteiger partial charge in [-0.2, -0.15) is 0 Å². The molecule has 3 N–H and O–H groups in total. The summed E-state index contributed by atoms with van der Waals surface area (Å²) in [7, 11) is 0. The molecule has 18 heavy (non-hydrogen) atoms. The van der Waals surface area contributed by atoms with Crippen LogP contribution in [0.4, 0.5) is 0 Å². The van der Waals surface area contributed by atoms with Crippen molar-refractivity contribution in [3.05, 3.63) is 0 Å². The predicted octanol–water partition coefficient (Wildman–Crippen LogP) is 2.14. The maximum absolute atomic E-state index is 8.81. The Balaban J connectivity index is 4.16. The Bertz CT molecular complexity index is 227. The van der Waals surface area contributed by atoms with Crippen LogP contribution < -0.4 is 10.6 Å². The van der Waals surface area contributed by atoms with Gasteiger partial charge in [0.25, 0.3) is 0 Å². The van der Waals surface area contributed by atoms with Crippen LogP contribution >= 0.6 is 0 Å². The second kappa shape index (κ2) is 10.2. The molecule has 108 valence electrons. The standard InChI is InChI=1S/C14H31N3O/c1-5-7-8-9-14(3,4)12-17-13(15-6-2)16-10-11-18/h18H,5-12H2,1-4H3,(H2,15,16,17). The van der Waals surface area contributed by atoms with Crippen molar-refractivity contribution in [1.82, 2.24) is 10.6 Å². The third-order valence-electron chi connectivity index (χ3n) is 2.87. The fraction of sp³-hybridized carbons (Fsp3) is 0.929. The van der Waals surface area contributed by atoms with Gasteiger partial charge in [-0.05, 0) is 18.8 Å². The van der Waals surface area contributed by atoms with Gasteiger partial charge in [0, 0.05) is 19.6 Å². The predicted molar refractivity (Wildman–Crippen MR) is 79.0 cm³/mol. The van der Waals surface area contributed by atoms with Gasteiger partial charge in [0.05, 0.1) is 6.61 Å². The first-order valence-electron chi connectivity index (χ1n) is 7.18. The van der Waals surface area contributed by atoms with Gasteiger partial charge < -0.3 is 15.7 Å². The van der Waals surface area contributed by atoms with Crippen LogP contribution in [-0.2, 0) is 0 Å². The van der Waals surface area contributed by atoms with E-state index in [1.54, 1.807) is 0 Å². The summed E-state index contributed by atoms with van der Waals surface area (Å²) in [6, 6.07) is 0. The third-order valence-corrected chi connectivity index (χ3v) is 2.87. The highest BCUT2D eigenvalue weighted by Crippen LogP contribution is 2.23. The summed E-state index contributed by atoms with van der Waals surface area (Å²) >= 11 is 0. The summed E-state index contributed by atoms with van der Waals surface area (Å²) in [6.45, 7) is 11.1. The van der Waals surface area contributed by atoms with Crippen molar-refractivity contribution in [3.63, 3.8) is 0 Å². The smallest absolute Gasteiger partial charge is 0.191 e. The molecule has 0 aliphatic rings. The molecule has 0 spiro atoms. The number of unbranched alkanes of at least 4 members (excludes halogenated alkanes) is 2. The molecule has 0 radical (unpaired) electrons. The Morgan fingerprint density at radius 3 is 2.44 bits per heavy atom. The number of hydrogen-bond acceptors (Lipinski definition) is 2. The van der Waals surface area contributed by atoms with Crippen molar-refractivity contribution in [2.24, 2.45) is 10.4 Å². The first-order chi connectivity index (χ1) is 8.55. The number of aliphatic hydroxyl groups excluding tert-OH is 1. The van der Waals surface area contributed by atoms with Crippen LogP contribution in [-0.4, -0.2) is 37.3 Å². The molecule has 4 nitrogen and oxygen atoms in total. The zero-order valence-electron chi connectivity index (χ0n) is 12.6. The van der Waals surface area contributed by atoms with Crippen molar-refractivity contribution in [2.75, 3.05) is 26.2 Å². The van der Waals surface area contributed by atoms with Crippen molar-refractivity contribution in [3.8, 4) is 0 Å². The van der Waals surface area contributed by atoms with Crippen molar-refractivity contribution < 1.29 is 5.11 Å². The Morgan fingerprint density at radius 1 is 1.17 bits per heavy atom. The Hall–Kier alpha value is -0.770. The largest absolute Gasteiger partial charge is 0.395 e. The molecule has 0 fully saturated rings. The summed E-state index contributed by atoms with van der Waals surface area (Å²) in [5.41, 5.74) is 0.247. The maximum Gasteiger partial charge on any atom is 0.191 e. The molecule has 0 aromatic rings. The molecule has 0 amide bonds. The van der Waals surface area contributed by atoms with E-state index < -0.39 is 0 Å². The molecule has 0 aromatic heterocycles. The molecular formula is C14H31N3O. The highest BCUT2D eigenvalue weighted by atomic mass is 16.3. The molecule has 0 atom stereocenters. The number of hydrogen-bond donors (Lipinski definition) is 3. The lowest BCUT2D eigenvalue weighted by Gasteiger charge is -2.23. The molecule has 0 bridgehead atoms. The van der Waals surface area contributed by atoms with E-state index in [4.69, 9.17) is 5.11 Å². The minimum Gasteiger partial charge on any atom is -0.395 e. The minimum atomic E-state index is 0.129. The van der Waals surface area contributed by atoms with E-state index in [9.17, 15) is 0 Å². The lowest BCUT2D eigenvalue weighted by atomic mass is 9.87. The average molecular weight is 257 g/mol. The summed E-state index contributed by atoms with van der Waals surface area (Å²) in [6.07, 6.45) is 5.05. The van der Waals surface area contributed by atoms with Crippen LogP contribution in [0.2, 0.25) is 0 Å². The van der Waals surface area contributed by atoms with Crippen LogP contribution in [0.3, 0.4) is 0 Å². The number of nitrogens with zero attached hydrogens (tertiary/aromatic N) is 1. The summed E-state index contributed by atoms with van der Waals surface area (Å²) in [4.78, 5) is 4.58. The molecule has 0 rings (SSSR count). The second-order valence-corrected chi connectivity index (χ2v) is 5.47. The lowest BCUT2D eigenvalue weighted by Crippen LogP contribution is -2.39. The molecular weight excluding hydrogens is 226 g/mol. The van der Waals surface area contributed by atoms with Gasteiger partial charge in [0.2, 0.25) is 0 Å². The normalized spacial score (nSPS) is 12.6. The number of rotatable bonds is 9.